The summed E-state index contributed by atoms with van der Waals surface area (Å²) in [6.07, 6.45) is 2.39. The normalized spacial score (nSPS) is 10.8. The number of thiophene rings is 2. The Morgan fingerprint density at radius 1 is 1.40 bits per heavy atom. The van der Waals surface area contributed by atoms with E-state index in [0.29, 0.717) is 21.9 Å². The number of fused-ring (bicyclic) bond motifs is 1. The Kier molecular flexibility index (Phi) is 3.62. The predicted molar refractivity (Wildman–Crippen MR) is 82.2 cm³/mol. The van der Waals surface area contributed by atoms with Crippen LogP contribution in [0, 0.1) is 0 Å². The van der Waals surface area contributed by atoms with Crippen molar-refractivity contribution in [2.75, 3.05) is 12.3 Å². The smallest absolute Gasteiger partial charge is 0.263 e. The molecule has 0 saturated carbocycles. The Hall–Kier alpha value is -1.99. The lowest BCUT2D eigenvalue weighted by molar-refractivity contribution is 0.0959. The lowest BCUT2D eigenvalue weighted by atomic mass is 10.2. The van der Waals surface area contributed by atoms with Gasteiger partial charge in [0.15, 0.2) is 0 Å². The quantitative estimate of drug-likeness (QED) is 0.775. The van der Waals surface area contributed by atoms with Crippen molar-refractivity contribution in [1.82, 2.24) is 15.5 Å². The van der Waals surface area contributed by atoms with Crippen LogP contribution in [0.25, 0.3) is 10.2 Å². The molecule has 1 amide bonds. The van der Waals surface area contributed by atoms with Gasteiger partial charge in [0.2, 0.25) is 0 Å². The lowest BCUT2D eigenvalue weighted by Gasteiger charge is -2.03. The van der Waals surface area contributed by atoms with Crippen LogP contribution >= 0.6 is 22.7 Å². The van der Waals surface area contributed by atoms with E-state index in [9.17, 15) is 4.79 Å². The number of carbonyl (C=O) groups is 1. The van der Waals surface area contributed by atoms with E-state index in [1.54, 1.807) is 23.6 Å². The third-order valence-electron chi connectivity index (χ3n) is 2.91. The number of nitrogens with one attached hydrogen (secondary N) is 1. The second-order valence-corrected chi connectivity index (χ2v) is 6.01. The zero-order chi connectivity index (χ0) is 13.9. The third kappa shape index (κ3) is 2.50. The molecular weight excluding hydrogens is 292 g/mol. The molecule has 0 atom stereocenters. The molecule has 3 aromatic rings. The number of carbonyl (C=O) groups excluding carboxylic acids is 1. The van der Waals surface area contributed by atoms with E-state index in [0.717, 1.165) is 11.8 Å². The van der Waals surface area contributed by atoms with Crippen molar-refractivity contribution < 1.29 is 4.79 Å². The fraction of sp³-hybridized carbons (Fsp3) is 0.154. The molecule has 3 rings (SSSR count). The number of nitrogens with two attached hydrogens (primary N) is 1. The first-order valence-electron chi connectivity index (χ1n) is 6.04. The molecule has 0 saturated heterocycles. The molecule has 7 heteroatoms. The van der Waals surface area contributed by atoms with Gasteiger partial charge in [0.05, 0.1) is 11.9 Å². The monoisotopic (exact) mass is 304 g/mol. The molecule has 3 N–H and O–H groups in total. The van der Waals surface area contributed by atoms with Crippen LogP contribution in [0.2, 0.25) is 0 Å². The van der Waals surface area contributed by atoms with E-state index in [1.165, 1.54) is 16.9 Å². The van der Waals surface area contributed by atoms with Crippen LogP contribution in [-0.2, 0) is 6.42 Å². The van der Waals surface area contributed by atoms with Crippen molar-refractivity contribution in [1.29, 1.82) is 0 Å². The molecule has 20 heavy (non-hydrogen) atoms. The Bertz CT molecular complexity index is 736. The summed E-state index contributed by atoms with van der Waals surface area (Å²) in [5, 5.41) is 15.6. The SMILES string of the molecule is Nc1c(C(=O)NCCc2ccsc2)sc2nnccc12. The van der Waals surface area contributed by atoms with Crippen LogP contribution in [0.4, 0.5) is 5.69 Å². The number of aromatic nitrogens is 2. The molecular formula is C13H12N4OS2. The first-order valence-corrected chi connectivity index (χ1v) is 7.80. The van der Waals surface area contributed by atoms with Gasteiger partial charge in [0.1, 0.15) is 9.71 Å². The highest BCUT2D eigenvalue weighted by molar-refractivity contribution is 7.21. The van der Waals surface area contributed by atoms with Crippen LogP contribution in [-0.4, -0.2) is 22.6 Å². The molecule has 0 unspecified atom stereocenters. The minimum absolute atomic E-state index is 0.152. The summed E-state index contributed by atoms with van der Waals surface area (Å²) in [6.45, 7) is 0.592. The number of rotatable bonds is 4. The molecule has 0 bridgehead atoms. The lowest BCUT2D eigenvalue weighted by Crippen LogP contribution is -2.25. The predicted octanol–water partition coefficient (Wildman–Crippen LogP) is 2.31. The molecule has 102 valence electrons. The first-order chi connectivity index (χ1) is 9.75. The van der Waals surface area contributed by atoms with Crippen LogP contribution in [0.3, 0.4) is 0 Å². The average molecular weight is 304 g/mol. The minimum Gasteiger partial charge on any atom is -0.397 e. The Morgan fingerprint density at radius 2 is 2.30 bits per heavy atom. The Morgan fingerprint density at radius 3 is 3.05 bits per heavy atom. The fourth-order valence-electron chi connectivity index (χ4n) is 1.88. The van der Waals surface area contributed by atoms with Crippen LogP contribution in [0.15, 0.2) is 29.1 Å². The number of hydrogen-bond donors (Lipinski definition) is 2. The van der Waals surface area contributed by atoms with Crippen molar-refractivity contribution in [2.24, 2.45) is 0 Å². The van der Waals surface area contributed by atoms with Gasteiger partial charge in [-0.05, 0) is 34.9 Å². The minimum atomic E-state index is -0.152. The molecule has 0 spiro atoms. The van der Waals surface area contributed by atoms with Crippen molar-refractivity contribution in [3.05, 3.63) is 39.5 Å². The molecule has 3 aromatic heterocycles. The highest BCUT2D eigenvalue weighted by Gasteiger charge is 2.16. The van der Waals surface area contributed by atoms with E-state index in [2.05, 4.69) is 27.0 Å². The zero-order valence-corrected chi connectivity index (χ0v) is 12.1. The summed E-state index contributed by atoms with van der Waals surface area (Å²) >= 11 is 2.93. The summed E-state index contributed by atoms with van der Waals surface area (Å²) in [6, 6.07) is 3.83. The van der Waals surface area contributed by atoms with Gasteiger partial charge in [-0.3, -0.25) is 4.79 Å². The number of amides is 1. The highest BCUT2D eigenvalue weighted by Crippen LogP contribution is 2.31. The molecule has 0 aromatic carbocycles. The van der Waals surface area contributed by atoms with E-state index in [4.69, 9.17) is 5.73 Å². The number of anilines is 1. The largest absolute Gasteiger partial charge is 0.397 e. The van der Waals surface area contributed by atoms with Gasteiger partial charge in [-0.25, -0.2) is 0 Å². The van der Waals surface area contributed by atoms with Gasteiger partial charge in [-0.15, -0.1) is 16.4 Å². The second-order valence-electron chi connectivity index (χ2n) is 4.23. The molecule has 5 nitrogen and oxygen atoms in total. The first kappa shape index (κ1) is 13.0. The van der Waals surface area contributed by atoms with Gasteiger partial charge in [0.25, 0.3) is 5.91 Å². The number of hydrogen-bond acceptors (Lipinski definition) is 6. The maximum Gasteiger partial charge on any atom is 0.263 e. The second kappa shape index (κ2) is 5.56. The maximum atomic E-state index is 12.1. The number of nitrogen functional groups attached to an aromatic ring is 1. The summed E-state index contributed by atoms with van der Waals surface area (Å²) in [7, 11) is 0. The van der Waals surface area contributed by atoms with E-state index in [-0.39, 0.29) is 5.91 Å². The topological polar surface area (TPSA) is 80.9 Å². The summed E-state index contributed by atoms with van der Waals surface area (Å²) in [4.78, 5) is 13.3. The molecule has 0 aliphatic rings. The molecule has 0 aliphatic carbocycles. The average Bonchev–Trinajstić information content (AvgIpc) is 3.08. The van der Waals surface area contributed by atoms with Gasteiger partial charge in [-0.1, -0.05) is 0 Å². The summed E-state index contributed by atoms with van der Waals surface area (Å²) < 4.78 is 0. The van der Waals surface area contributed by atoms with Crippen LogP contribution in [0.1, 0.15) is 15.2 Å². The van der Waals surface area contributed by atoms with Crippen LogP contribution in [0.5, 0.6) is 0 Å². The Labute approximate surface area is 123 Å². The van der Waals surface area contributed by atoms with Gasteiger partial charge >= 0.3 is 0 Å². The summed E-state index contributed by atoms with van der Waals surface area (Å²) in [5.41, 5.74) is 7.70. The summed E-state index contributed by atoms with van der Waals surface area (Å²) in [5.74, 6) is -0.152. The Balaban J connectivity index is 1.71. The highest BCUT2D eigenvalue weighted by atomic mass is 32.1. The number of nitrogens with zero attached hydrogens (tertiary/aromatic N) is 2. The fourth-order valence-corrected chi connectivity index (χ4v) is 3.53. The molecule has 0 aliphatic heterocycles. The van der Waals surface area contributed by atoms with E-state index >= 15 is 0 Å². The molecule has 0 radical (unpaired) electrons. The maximum absolute atomic E-state index is 12.1. The van der Waals surface area contributed by atoms with E-state index in [1.807, 2.05) is 5.38 Å². The van der Waals surface area contributed by atoms with Gasteiger partial charge < -0.3 is 11.1 Å². The van der Waals surface area contributed by atoms with Crippen molar-refractivity contribution in [3.63, 3.8) is 0 Å². The standard InChI is InChI=1S/C13H12N4OS2/c14-10-9-2-5-16-17-13(9)20-11(10)12(18)15-4-1-8-3-6-19-7-8/h2-3,5-7H,1,4,14H2,(H,15,18). The van der Waals surface area contributed by atoms with Crippen molar-refractivity contribution in [3.8, 4) is 0 Å². The zero-order valence-electron chi connectivity index (χ0n) is 10.5. The van der Waals surface area contributed by atoms with Crippen molar-refractivity contribution >= 4 is 44.5 Å². The van der Waals surface area contributed by atoms with Crippen LogP contribution < -0.4 is 11.1 Å². The molecule has 0 fully saturated rings. The van der Waals surface area contributed by atoms with Crippen molar-refractivity contribution in [2.45, 2.75) is 6.42 Å². The molecule has 3 heterocycles. The van der Waals surface area contributed by atoms with E-state index < -0.39 is 0 Å². The third-order valence-corrected chi connectivity index (χ3v) is 4.74. The van der Waals surface area contributed by atoms with Gasteiger partial charge in [-0.2, -0.15) is 16.4 Å². The van der Waals surface area contributed by atoms with Gasteiger partial charge in [0, 0.05) is 11.9 Å².